The molecule has 6 N–H and O–H groups in total. The molecule has 7 fully saturated rings. The van der Waals surface area contributed by atoms with Crippen LogP contribution in [0.4, 0.5) is 0 Å². The third-order valence-corrected chi connectivity index (χ3v) is 17.4. The van der Waals surface area contributed by atoms with Gasteiger partial charge in [-0.1, -0.05) is 39.3 Å². The van der Waals surface area contributed by atoms with Crippen LogP contribution in [0.3, 0.4) is 0 Å². The summed E-state index contributed by atoms with van der Waals surface area (Å²) in [7, 11) is -5.31. The molecule has 4 saturated heterocycles. The van der Waals surface area contributed by atoms with Crippen molar-refractivity contribution >= 4 is 16.4 Å². The number of esters is 1. The van der Waals surface area contributed by atoms with E-state index in [-0.39, 0.29) is 58.4 Å². The normalized spacial score (nSPS) is 51.9. The molecule has 0 aromatic carbocycles. The standard InChI is InChI=1S/C41H64O17S.Na/c1-35(2)13-11-26(56-35)39(7)41(48)17-16-38(6)21-8-9-24-36(3,4)25(12-14-37(24,5)20(21)10-15-40(38,41)34(47)57-39)54-33-31(28(44)23(19-52-33)58-59(49,50)51)55-32-30(46)29(45)27(43)22(18-42)53-32;/h10,21-33,42-46,48H,8-9,11-19H2,1-7H3,(H,49,50,51);/q;+1/p-1/t21?,22-,23-,24?,25-,26?,27-,28+,29+,30-,31-,32-,33+,37-,38+,39+,40?,41+;/m1./s1. The fourth-order valence-corrected chi connectivity index (χ4v) is 14.1. The average molecular weight is 883 g/mol. The van der Waals surface area contributed by atoms with Gasteiger partial charge in [0.15, 0.2) is 18.2 Å². The second-order valence-corrected chi connectivity index (χ2v) is 21.6. The second-order valence-electron chi connectivity index (χ2n) is 20.6. The summed E-state index contributed by atoms with van der Waals surface area (Å²) in [6.07, 6.45) is -8.12. The van der Waals surface area contributed by atoms with Gasteiger partial charge in [0.25, 0.3) is 0 Å². The molecule has 0 aromatic heterocycles. The number of allylic oxidation sites excluding steroid dienone is 2. The molecule has 3 saturated carbocycles. The summed E-state index contributed by atoms with van der Waals surface area (Å²) in [4.78, 5) is 14.4. The maximum atomic E-state index is 14.4. The Balaban J connectivity index is 0.00000544. The van der Waals surface area contributed by atoms with Crippen LogP contribution in [-0.4, -0.2) is 147 Å². The third-order valence-electron chi connectivity index (χ3n) is 16.9. The number of ether oxygens (including phenoxy) is 6. The zero-order valence-electron chi connectivity index (χ0n) is 35.9. The minimum atomic E-state index is -5.31. The number of hydrogen-bond acceptors (Lipinski definition) is 17. The van der Waals surface area contributed by atoms with E-state index in [4.69, 9.17) is 28.4 Å². The maximum absolute atomic E-state index is 14.4. The van der Waals surface area contributed by atoms with Crippen molar-refractivity contribution in [1.82, 2.24) is 0 Å². The molecule has 336 valence electrons. The summed E-state index contributed by atoms with van der Waals surface area (Å²) in [5.41, 5.74) is -4.26. The van der Waals surface area contributed by atoms with Crippen LogP contribution in [0.25, 0.3) is 0 Å². The molecular formula is C41H63NaO17S. The van der Waals surface area contributed by atoms with E-state index >= 15 is 0 Å². The van der Waals surface area contributed by atoms with Crippen molar-refractivity contribution < 1.29 is 111 Å². The minimum Gasteiger partial charge on any atom is -0.726 e. The first-order chi connectivity index (χ1) is 27.3. The summed E-state index contributed by atoms with van der Waals surface area (Å²) in [5.74, 6) is -0.270. The van der Waals surface area contributed by atoms with Crippen LogP contribution in [0, 0.1) is 33.5 Å². The number of aliphatic hydroxyl groups is 6. The van der Waals surface area contributed by atoms with E-state index in [0.29, 0.717) is 38.5 Å². The van der Waals surface area contributed by atoms with E-state index in [1.165, 1.54) is 5.57 Å². The Hall–Kier alpha value is -0.360. The monoisotopic (exact) mass is 882 g/mol. The van der Waals surface area contributed by atoms with E-state index in [0.717, 1.165) is 19.3 Å². The summed E-state index contributed by atoms with van der Waals surface area (Å²) in [5, 5.41) is 65.5. The SMILES string of the molecule is CC1(C)CCC([C@]2(C)OC(=O)C34CC=C5C(CCC6C(C)(C)[C@H](O[C@@H]7OC[C@@H](OS(=O)(=O)[O-])[C@H](O)[C@H]7O[C@H]7O[C@H](CO)[C@@H](O)[C@H](O)[C@H]7O)CC[C@]56C)[C@]3(C)CC[C@@]42O)O1.[Na+]. The molecule has 4 aliphatic heterocycles. The van der Waals surface area contributed by atoms with Crippen molar-refractivity contribution in [1.29, 1.82) is 0 Å². The van der Waals surface area contributed by atoms with Gasteiger partial charge in [-0.05, 0) is 107 Å². The van der Waals surface area contributed by atoms with Gasteiger partial charge in [0, 0.05) is 0 Å². The molecule has 17 nitrogen and oxygen atoms in total. The van der Waals surface area contributed by atoms with Gasteiger partial charge in [-0.2, -0.15) is 0 Å². The van der Waals surface area contributed by atoms with E-state index in [1.54, 1.807) is 0 Å². The number of aliphatic hydroxyl groups excluding tert-OH is 5. The van der Waals surface area contributed by atoms with Crippen molar-refractivity contribution in [3.05, 3.63) is 11.6 Å². The molecule has 4 heterocycles. The van der Waals surface area contributed by atoms with Crippen LogP contribution in [0.15, 0.2) is 11.6 Å². The van der Waals surface area contributed by atoms with Crippen molar-refractivity contribution in [2.45, 2.75) is 191 Å². The van der Waals surface area contributed by atoms with Crippen molar-refractivity contribution in [2.24, 2.45) is 33.5 Å². The Morgan fingerprint density at radius 1 is 0.867 bits per heavy atom. The Bertz CT molecular complexity index is 1810. The molecule has 19 heteroatoms. The van der Waals surface area contributed by atoms with Crippen LogP contribution < -0.4 is 29.6 Å². The Labute approximate surface area is 374 Å². The summed E-state index contributed by atoms with van der Waals surface area (Å²) in [6, 6.07) is 0. The number of cyclic esters (lactones) is 1. The number of carbonyl (C=O) groups is 1. The van der Waals surface area contributed by atoms with Gasteiger partial charge in [-0.3, -0.25) is 8.98 Å². The summed E-state index contributed by atoms with van der Waals surface area (Å²) >= 11 is 0. The van der Waals surface area contributed by atoms with Gasteiger partial charge in [-0.15, -0.1) is 0 Å². The molecule has 60 heavy (non-hydrogen) atoms. The average Bonchev–Trinajstić information content (AvgIpc) is 3.71. The van der Waals surface area contributed by atoms with Gasteiger partial charge >= 0.3 is 35.5 Å². The van der Waals surface area contributed by atoms with Crippen LogP contribution in [0.5, 0.6) is 0 Å². The van der Waals surface area contributed by atoms with Crippen LogP contribution >= 0.6 is 0 Å². The van der Waals surface area contributed by atoms with E-state index in [2.05, 4.69) is 38.0 Å². The first kappa shape index (κ1) is 47.6. The number of hydrogen-bond donors (Lipinski definition) is 6. The van der Waals surface area contributed by atoms with Crippen LogP contribution in [-0.2, 0) is 47.8 Å². The molecule has 0 radical (unpaired) electrons. The predicted octanol–water partition coefficient (Wildman–Crippen LogP) is -1.90. The topological polar surface area (TPSA) is 260 Å². The third kappa shape index (κ3) is 6.82. The first-order valence-electron chi connectivity index (χ1n) is 21.2. The smallest absolute Gasteiger partial charge is 0.726 e. The molecule has 4 unspecified atom stereocenters. The van der Waals surface area contributed by atoms with Crippen molar-refractivity contribution in [2.75, 3.05) is 13.2 Å². The largest absolute Gasteiger partial charge is 1.00 e. The van der Waals surface area contributed by atoms with Gasteiger partial charge in [0.2, 0.25) is 10.4 Å². The molecule has 18 atom stereocenters. The van der Waals surface area contributed by atoms with E-state index in [1.807, 2.05) is 20.8 Å². The minimum absolute atomic E-state index is 0. The molecule has 0 aromatic rings. The molecule has 0 amide bonds. The fraction of sp³-hybridized carbons (Fsp3) is 0.927. The quantitative estimate of drug-likeness (QED) is 0.0389. The predicted molar refractivity (Wildman–Crippen MR) is 201 cm³/mol. The van der Waals surface area contributed by atoms with Crippen LogP contribution in [0.1, 0.15) is 106 Å². The molecule has 8 rings (SSSR count). The van der Waals surface area contributed by atoms with Gasteiger partial charge < -0.3 is 63.6 Å². The van der Waals surface area contributed by atoms with E-state index < -0.39 is 119 Å². The Kier molecular flexibility index (Phi) is 12.4. The van der Waals surface area contributed by atoms with Crippen LogP contribution in [0.2, 0.25) is 0 Å². The van der Waals surface area contributed by atoms with Gasteiger partial charge in [0.1, 0.15) is 59.8 Å². The van der Waals surface area contributed by atoms with Gasteiger partial charge in [0.05, 0.1) is 24.9 Å². The second kappa shape index (κ2) is 15.6. The zero-order valence-corrected chi connectivity index (χ0v) is 38.8. The number of fused-ring (bicyclic) bond motifs is 4. The fourth-order valence-electron chi connectivity index (χ4n) is 13.7. The first-order valence-corrected chi connectivity index (χ1v) is 22.5. The molecule has 4 aliphatic carbocycles. The molecule has 0 bridgehead atoms. The molecular weight excluding hydrogens is 819 g/mol. The maximum Gasteiger partial charge on any atom is 1.00 e. The summed E-state index contributed by atoms with van der Waals surface area (Å²) < 4.78 is 76.1. The van der Waals surface area contributed by atoms with Crippen molar-refractivity contribution in [3.8, 4) is 0 Å². The molecule has 1 spiro atoms. The van der Waals surface area contributed by atoms with E-state index in [9.17, 15) is 48.4 Å². The zero-order chi connectivity index (χ0) is 43.1. The Morgan fingerprint density at radius 2 is 1.57 bits per heavy atom. The molecule has 8 aliphatic rings. The number of rotatable bonds is 8. The Morgan fingerprint density at radius 3 is 2.20 bits per heavy atom. The van der Waals surface area contributed by atoms with Crippen molar-refractivity contribution in [3.63, 3.8) is 0 Å². The number of carbonyl (C=O) groups excluding carboxylic acids is 1. The van der Waals surface area contributed by atoms with Gasteiger partial charge in [-0.25, -0.2) is 8.42 Å². The summed E-state index contributed by atoms with van der Waals surface area (Å²) in [6.45, 7) is 13.3.